The molecule has 0 N–H and O–H groups in total. The lowest BCUT2D eigenvalue weighted by molar-refractivity contribution is -0.660. The molecule has 0 amide bonds. The van der Waals surface area contributed by atoms with E-state index in [2.05, 4.69) is 68.6 Å². The largest absolute Gasteiger partial charge is 0.456 e. The molecule has 34 heavy (non-hydrogen) atoms. The van der Waals surface area contributed by atoms with Crippen LogP contribution in [0.15, 0.2) is 71.3 Å². The van der Waals surface area contributed by atoms with Gasteiger partial charge in [-0.15, -0.1) is 0 Å². The van der Waals surface area contributed by atoms with Gasteiger partial charge in [0.15, 0.2) is 11.9 Å². The second kappa shape index (κ2) is 8.47. The van der Waals surface area contributed by atoms with Gasteiger partial charge < -0.3 is 4.42 Å². The second-order valence-electron chi connectivity index (χ2n) is 9.64. The highest BCUT2D eigenvalue weighted by atomic mass is 16.3. The molecule has 0 aliphatic carbocycles. The average Bonchev–Trinajstić information content (AvgIpc) is 3.19. The normalized spacial score (nSPS) is 11.4. The maximum atomic E-state index is 7.77. The van der Waals surface area contributed by atoms with Gasteiger partial charge in [-0.2, -0.15) is 0 Å². The van der Waals surface area contributed by atoms with Crippen LogP contribution in [0.1, 0.15) is 30.5 Å². The maximum Gasteiger partial charge on any atom is 0.216 e. The summed E-state index contributed by atoms with van der Waals surface area (Å²) in [6.45, 7) is 16.6. The number of benzene rings is 3. The fraction of sp³-hybridized carbons (Fsp3) is 0.226. The molecule has 0 radical (unpaired) electrons. The van der Waals surface area contributed by atoms with E-state index < -0.39 is 0 Å². The van der Waals surface area contributed by atoms with Crippen molar-refractivity contribution in [2.75, 3.05) is 0 Å². The van der Waals surface area contributed by atoms with Crippen LogP contribution in [0.2, 0.25) is 0 Å². The van der Waals surface area contributed by atoms with Crippen molar-refractivity contribution in [1.82, 2.24) is 0 Å². The van der Waals surface area contributed by atoms with E-state index in [1.54, 1.807) is 0 Å². The minimum absolute atomic E-state index is 0.609. The van der Waals surface area contributed by atoms with Gasteiger partial charge in [0.1, 0.15) is 18.2 Å². The number of hydrogen-bond acceptors (Lipinski definition) is 1. The predicted octanol–water partition coefficient (Wildman–Crippen LogP) is 8.11. The topological polar surface area (TPSA) is 21.4 Å². The highest BCUT2D eigenvalue weighted by Gasteiger charge is 2.24. The summed E-state index contributed by atoms with van der Waals surface area (Å²) in [6, 6.07) is 20.7. The van der Waals surface area contributed by atoms with Crippen molar-refractivity contribution in [3.8, 4) is 22.4 Å². The molecule has 0 aliphatic heterocycles. The molecule has 2 aromatic heterocycles. The highest BCUT2D eigenvalue weighted by Crippen LogP contribution is 2.45. The number of furan rings is 1. The molecule has 0 spiro atoms. The van der Waals surface area contributed by atoms with E-state index in [1.807, 2.05) is 42.5 Å². The zero-order chi connectivity index (χ0) is 24.0. The van der Waals surface area contributed by atoms with Crippen LogP contribution in [0.25, 0.3) is 49.2 Å². The molecule has 0 aliphatic rings. The summed E-state index contributed by atoms with van der Waals surface area (Å²) in [7, 11) is 2.11. The Morgan fingerprint density at radius 1 is 0.912 bits per heavy atom. The van der Waals surface area contributed by atoms with Crippen molar-refractivity contribution in [2.24, 2.45) is 13.0 Å². The Morgan fingerprint density at radius 2 is 1.68 bits per heavy atom. The predicted molar refractivity (Wildman–Crippen MR) is 140 cm³/mol. The van der Waals surface area contributed by atoms with E-state index in [-0.39, 0.29) is 0 Å². The van der Waals surface area contributed by atoms with Crippen molar-refractivity contribution in [1.29, 1.82) is 0 Å². The molecule has 3 heteroatoms. The summed E-state index contributed by atoms with van der Waals surface area (Å²) >= 11 is 0. The molecule has 168 valence electrons. The SMILES string of the molecule is [C-]#[N+]c1ccc2c(oc3c(-c4ccc(CC(C)C)c[n+]4C)c(C)cc(C)c32)c1-c1ccccc1. The van der Waals surface area contributed by atoms with Gasteiger partial charge in [0.2, 0.25) is 5.69 Å². The molecule has 3 nitrogen and oxygen atoms in total. The third-order valence-corrected chi connectivity index (χ3v) is 6.56. The average molecular weight is 446 g/mol. The smallest absolute Gasteiger partial charge is 0.216 e. The fourth-order valence-corrected chi connectivity index (χ4v) is 5.18. The highest BCUT2D eigenvalue weighted by molar-refractivity contribution is 6.16. The van der Waals surface area contributed by atoms with E-state index in [1.165, 1.54) is 16.7 Å². The second-order valence-corrected chi connectivity index (χ2v) is 9.64. The lowest BCUT2D eigenvalue weighted by Crippen LogP contribution is -2.31. The first kappa shape index (κ1) is 21.9. The molecule has 0 atom stereocenters. The number of aryl methyl sites for hydroxylation is 3. The third-order valence-electron chi connectivity index (χ3n) is 6.56. The van der Waals surface area contributed by atoms with Crippen molar-refractivity contribution in [3.05, 3.63) is 95.0 Å². The first-order valence-electron chi connectivity index (χ1n) is 11.8. The molecule has 0 saturated heterocycles. The molecule has 0 fully saturated rings. The number of nitrogens with zero attached hydrogens (tertiary/aromatic N) is 2. The molecule has 0 unspecified atom stereocenters. The minimum Gasteiger partial charge on any atom is -0.456 e. The van der Waals surface area contributed by atoms with Crippen LogP contribution >= 0.6 is 0 Å². The summed E-state index contributed by atoms with van der Waals surface area (Å²) in [4.78, 5) is 3.82. The van der Waals surface area contributed by atoms with Crippen LogP contribution in [-0.2, 0) is 13.5 Å². The van der Waals surface area contributed by atoms with E-state index in [0.29, 0.717) is 11.6 Å². The Morgan fingerprint density at radius 3 is 2.35 bits per heavy atom. The van der Waals surface area contributed by atoms with E-state index in [0.717, 1.165) is 50.7 Å². The standard InChI is InChI=1S/C31H29N2O/c1-19(2)16-22-12-15-26(33(6)18-22)28-21(4)17-20(3)27-24-13-14-25(32-5)29(30(24)34-31(27)28)23-10-8-7-9-11-23/h7-15,17-19H,16H2,1-4,6H3/q+1. The van der Waals surface area contributed by atoms with Gasteiger partial charge >= 0.3 is 0 Å². The number of pyridine rings is 1. The third kappa shape index (κ3) is 3.56. The van der Waals surface area contributed by atoms with Crippen LogP contribution < -0.4 is 4.57 Å². The first-order valence-corrected chi connectivity index (χ1v) is 11.8. The Hall–Kier alpha value is -3.90. The molecule has 5 aromatic rings. The Balaban J connectivity index is 1.85. The first-order chi connectivity index (χ1) is 16.4. The number of rotatable bonds is 4. The van der Waals surface area contributed by atoms with E-state index >= 15 is 0 Å². The van der Waals surface area contributed by atoms with Crippen molar-refractivity contribution in [2.45, 2.75) is 34.1 Å². The van der Waals surface area contributed by atoms with Crippen molar-refractivity contribution < 1.29 is 8.98 Å². The van der Waals surface area contributed by atoms with Crippen LogP contribution in [0.4, 0.5) is 5.69 Å². The van der Waals surface area contributed by atoms with E-state index in [9.17, 15) is 0 Å². The monoisotopic (exact) mass is 445 g/mol. The van der Waals surface area contributed by atoms with Gasteiger partial charge in [-0.05, 0) is 48.9 Å². The molecule has 0 saturated carbocycles. The zero-order valence-corrected chi connectivity index (χ0v) is 20.4. The number of aromatic nitrogens is 1. The minimum atomic E-state index is 0.609. The number of hydrogen-bond donors (Lipinski definition) is 0. The van der Waals surface area contributed by atoms with Crippen LogP contribution in [0, 0.1) is 26.3 Å². The van der Waals surface area contributed by atoms with Gasteiger partial charge in [-0.25, -0.2) is 9.41 Å². The zero-order valence-electron chi connectivity index (χ0n) is 20.4. The number of fused-ring (bicyclic) bond motifs is 3. The van der Waals surface area contributed by atoms with Gasteiger partial charge in [-0.3, -0.25) is 0 Å². The van der Waals surface area contributed by atoms with Gasteiger partial charge in [0, 0.05) is 28.0 Å². The molecule has 0 bridgehead atoms. The summed E-state index contributed by atoms with van der Waals surface area (Å²) in [5, 5.41) is 2.18. The Bertz CT molecular complexity index is 1580. The summed E-state index contributed by atoms with van der Waals surface area (Å²) < 4.78 is 8.93. The van der Waals surface area contributed by atoms with Crippen molar-refractivity contribution >= 4 is 27.6 Å². The summed E-state index contributed by atoms with van der Waals surface area (Å²) in [5.74, 6) is 0.613. The summed E-state index contributed by atoms with van der Waals surface area (Å²) in [6.07, 6.45) is 3.29. The maximum absolute atomic E-state index is 7.77. The van der Waals surface area contributed by atoms with Crippen LogP contribution in [0.5, 0.6) is 0 Å². The molecule has 3 aromatic carbocycles. The quantitative estimate of drug-likeness (QED) is 0.202. The van der Waals surface area contributed by atoms with E-state index in [4.69, 9.17) is 11.0 Å². The molecular weight excluding hydrogens is 416 g/mol. The lowest BCUT2D eigenvalue weighted by atomic mass is 9.95. The Kier molecular flexibility index (Phi) is 5.46. The van der Waals surface area contributed by atoms with Crippen molar-refractivity contribution in [3.63, 3.8) is 0 Å². The molecular formula is C31H29N2O+. The lowest BCUT2D eigenvalue weighted by Gasteiger charge is -2.09. The Labute approximate surface area is 201 Å². The van der Waals surface area contributed by atoms with Gasteiger partial charge in [-0.1, -0.05) is 62.4 Å². The molecule has 5 rings (SSSR count). The molecule has 2 heterocycles. The van der Waals surface area contributed by atoms with Crippen LogP contribution in [0.3, 0.4) is 0 Å². The van der Waals surface area contributed by atoms with Crippen LogP contribution in [-0.4, -0.2) is 0 Å². The van der Waals surface area contributed by atoms with Gasteiger partial charge in [0.25, 0.3) is 0 Å². The van der Waals surface area contributed by atoms with Gasteiger partial charge in [0.05, 0.1) is 12.1 Å². The fourth-order valence-electron chi connectivity index (χ4n) is 5.18. The summed E-state index contributed by atoms with van der Waals surface area (Å²) in [5.41, 5.74) is 10.1.